The van der Waals surface area contributed by atoms with Gasteiger partial charge in [0.1, 0.15) is 5.75 Å². The number of likely N-dealkylation sites (tertiary alicyclic amines) is 1. The lowest BCUT2D eigenvalue weighted by molar-refractivity contribution is -0.0676. The minimum absolute atomic E-state index is 0.122. The molecule has 0 amide bonds. The molecule has 1 aliphatic heterocycles. The van der Waals surface area contributed by atoms with Gasteiger partial charge in [-0.15, -0.1) is 0 Å². The molecule has 110 valence electrons. The molecule has 1 aliphatic carbocycles. The molecule has 0 radical (unpaired) electrons. The van der Waals surface area contributed by atoms with Crippen LogP contribution in [0.15, 0.2) is 22.7 Å². The Morgan fingerprint density at radius 1 is 1.40 bits per heavy atom. The van der Waals surface area contributed by atoms with Crippen LogP contribution in [0.3, 0.4) is 0 Å². The smallest absolute Gasteiger partial charge is 0.133 e. The summed E-state index contributed by atoms with van der Waals surface area (Å²) < 4.78 is 6.43. The molecule has 0 aromatic heterocycles. The lowest BCUT2D eigenvalue weighted by Gasteiger charge is -2.53. The lowest BCUT2D eigenvalue weighted by atomic mass is 9.61. The Hall–Kier alpha value is -0.580. The third-order valence-corrected chi connectivity index (χ3v) is 6.07. The van der Waals surface area contributed by atoms with E-state index in [-0.39, 0.29) is 17.6 Å². The number of aliphatic hydroxyl groups excluding tert-OH is 1. The van der Waals surface area contributed by atoms with E-state index < -0.39 is 0 Å². The summed E-state index contributed by atoms with van der Waals surface area (Å²) in [6.45, 7) is 1.05. The van der Waals surface area contributed by atoms with E-state index in [1.165, 1.54) is 12.0 Å². The predicted octanol–water partition coefficient (Wildman–Crippen LogP) is 2.94. The largest absolute Gasteiger partial charge is 0.496 e. The summed E-state index contributed by atoms with van der Waals surface area (Å²) >= 11 is 3.69. The zero-order chi connectivity index (χ0) is 14.3. The maximum Gasteiger partial charge on any atom is 0.133 e. The highest BCUT2D eigenvalue weighted by Gasteiger charge is 2.51. The zero-order valence-electron chi connectivity index (χ0n) is 12.1. The summed E-state index contributed by atoms with van der Waals surface area (Å²) in [5, 5.41) is 10.9. The van der Waals surface area contributed by atoms with E-state index in [9.17, 15) is 5.11 Å². The fraction of sp³-hybridized carbons (Fsp3) is 0.625. The van der Waals surface area contributed by atoms with E-state index in [1.54, 1.807) is 7.11 Å². The van der Waals surface area contributed by atoms with Gasteiger partial charge in [0.2, 0.25) is 0 Å². The molecular weight excluding hydrogens is 318 g/mol. The minimum Gasteiger partial charge on any atom is -0.496 e. The number of hydrogen-bond donors (Lipinski definition) is 1. The summed E-state index contributed by atoms with van der Waals surface area (Å²) in [5.74, 6) is 0.852. The van der Waals surface area contributed by atoms with Gasteiger partial charge in [-0.05, 0) is 60.4 Å². The number of fused-ring (bicyclic) bond motifs is 2. The van der Waals surface area contributed by atoms with Gasteiger partial charge in [-0.1, -0.05) is 18.6 Å². The first kappa shape index (κ1) is 14.4. The second-order valence-corrected chi connectivity index (χ2v) is 6.91. The number of piperidine rings is 1. The quantitative estimate of drug-likeness (QED) is 0.899. The van der Waals surface area contributed by atoms with Crippen LogP contribution in [0.4, 0.5) is 0 Å². The monoisotopic (exact) mass is 339 g/mol. The van der Waals surface area contributed by atoms with Crippen LogP contribution < -0.4 is 4.74 Å². The number of hydrogen-bond acceptors (Lipinski definition) is 3. The van der Waals surface area contributed by atoms with Crippen molar-refractivity contribution in [2.45, 2.75) is 43.2 Å². The Kier molecular flexibility index (Phi) is 3.82. The number of benzene rings is 1. The average molecular weight is 340 g/mol. The van der Waals surface area contributed by atoms with Gasteiger partial charge in [-0.3, -0.25) is 0 Å². The van der Waals surface area contributed by atoms with Crippen molar-refractivity contribution in [3.05, 3.63) is 28.2 Å². The maximum atomic E-state index is 10.9. The molecule has 4 heteroatoms. The molecule has 1 saturated heterocycles. The van der Waals surface area contributed by atoms with Gasteiger partial charge in [0.05, 0.1) is 17.7 Å². The molecular formula is C16H22BrNO2. The van der Waals surface area contributed by atoms with Crippen molar-refractivity contribution in [2.75, 3.05) is 20.7 Å². The number of nitrogens with zero attached hydrogens (tertiary/aromatic N) is 1. The van der Waals surface area contributed by atoms with Crippen molar-refractivity contribution in [3.63, 3.8) is 0 Å². The van der Waals surface area contributed by atoms with E-state index in [0.717, 1.165) is 36.0 Å². The van der Waals surface area contributed by atoms with Gasteiger partial charge in [0.25, 0.3) is 0 Å². The van der Waals surface area contributed by atoms with E-state index in [2.05, 4.69) is 33.9 Å². The van der Waals surface area contributed by atoms with Crippen molar-refractivity contribution in [1.82, 2.24) is 4.90 Å². The molecule has 3 rings (SSSR count). The minimum atomic E-state index is -0.293. The van der Waals surface area contributed by atoms with Gasteiger partial charge < -0.3 is 14.7 Å². The van der Waals surface area contributed by atoms with Crippen LogP contribution in [0.2, 0.25) is 0 Å². The molecule has 1 saturated carbocycles. The SMILES string of the molecule is COc1cccc([C@]23CCC[C@H]([C@H]2O)N(C)CC3)c1Br. The molecule has 1 heterocycles. The fourth-order valence-electron chi connectivity index (χ4n) is 4.06. The fourth-order valence-corrected chi connectivity index (χ4v) is 4.88. The first-order valence-electron chi connectivity index (χ1n) is 7.31. The number of likely N-dealkylation sites (N-methyl/N-ethyl adjacent to an activating group) is 1. The third kappa shape index (κ3) is 2.00. The molecule has 1 aromatic carbocycles. The van der Waals surface area contributed by atoms with Crippen molar-refractivity contribution in [2.24, 2.45) is 0 Å². The second kappa shape index (κ2) is 5.32. The van der Waals surface area contributed by atoms with Crippen LogP contribution >= 0.6 is 15.9 Å². The Balaban J connectivity index is 2.07. The molecule has 1 N–H and O–H groups in total. The van der Waals surface area contributed by atoms with Gasteiger partial charge in [-0.25, -0.2) is 0 Å². The summed E-state index contributed by atoms with van der Waals surface area (Å²) in [4.78, 5) is 2.32. The Bertz CT molecular complexity index is 507. The van der Waals surface area contributed by atoms with E-state index in [1.807, 2.05) is 12.1 Å². The molecule has 3 nitrogen and oxygen atoms in total. The van der Waals surface area contributed by atoms with Crippen molar-refractivity contribution in [1.29, 1.82) is 0 Å². The van der Waals surface area contributed by atoms with E-state index in [4.69, 9.17) is 4.74 Å². The topological polar surface area (TPSA) is 32.7 Å². The Labute approximate surface area is 129 Å². The highest BCUT2D eigenvalue weighted by molar-refractivity contribution is 9.10. The highest BCUT2D eigenvalue weighted by Crippen LogP contribution is 2.50. The molecule has 0 spiro atoms. The summed E-state index contributed by atoms with van der Waals surface area (Å²) in [6.07, 6.45) is 4.05. The maximum absolute atomic E-state index is 10.9. The van der Waals surface area contributed by atoms with Crippen LogP contribution in [0.25, 0.3) is 0 Å². The average Bonchev–Trinajstić information content (AvgIpc) is 2.44. The summed E-state index contributed by atoms with van der Waals surface area (Å²) in [7, 11) is 3.82. The number of ether oxygens (including phenoxy) is 1. The first-order chi connectivity index (χ1) is 9.60. The zero-order valence-corrected chi connectivity index (χ0v) is 13.7. The molecule has 2 bridgehead atoms. The van der Waals surface area contributed by atoms with Crippen molar-refractivity contribution in [3.8, 4) is 5.75 Å². The van der Waals surface area contributed by atoms with E-state index in [0.29, 0.717) is 0 Å². The first-order valence-corrected chi connectivity index (χ1v) is 8.11. The van der Waals surface area contributed by atoms with E-state index >= 15 is 0 Å². The summed E-state index contributed by atoms with van der Waals surface area (Å²) in [5.41, 5.74) is 1.09. The van der Waals surface area contributed by atoms with Gasteiger partial charge in [-0.2, -0.15) is 0 Å². The predicted molar refractivity (Wildman–Crippen MR) is 83.3 cm³/mol. The third-order valence-electron chi connectivity index (χ3n) is 5.25. The number of rotatable bonds is 2. The Morgan fingerprint density at radius 2 is 2.20 bits per heavy atom. The van der Waals surface area contributed by atoms with Gasteiger partial charge >= 0.3 is 0 Å². The van der Waals surface area contributed by atoms with Crippen molar-refractivity contribution >= 4 is 15.9 Å². The van der Waals surface area contributed by atoms with Gasteiger partial charge in [0.15, 0.2) is 0 Å². The standard InChI is InChI=1S/C16H22BrNO2/c1-18-10-9-16(8-4-6-12(18)15(16)19)11-5-3-7-13(20-2)14(11)17/h3,5,7,12,15,19H,4,6,8-10H2,1-2H3/t12-,15-,16-/m1/s1. The van der Waals surface area contributed by atoms with Crippen LogP contribution in [-0.4, -0.2) is 42.9 Å². The molecule has 0 unspecified atom stereocenters. The number of halogens is 1. The van der Waals surface area contributed by atoms with Gasteiger partial charge in [0, 0.05) is 11.5 Å². The van der Waals surface area contributed by atoms with Crippen LogP contribution in [0, 0.1) is 0 Å². The number of aliphatic hydroxyl groups is 1. The lowest BCUT2D eigenvalue weighted by Crippen LogP contribution is -2.61. The highest BCUT2D eigenvalue weighted by atomic mass is 79.9. The molecule has 3 atom stereocenters. The van der Waals surface area contributed by atoms with Crippen LogP contribution in [0.1, 0.15) is 31.2 Å². The molecule has 2 fully saturated rings. The van der Waals surface area contributed by atoms with Crippen LogP contribution in [-0.2, 0) is 5.41 Å². The number of methoxy groups -OCH3 is 1. The normalized spacial score (nSPS) is 34.0. The molecule has 20 heavy (non-hydrogen) atoms. The summed E-state index contributed by atoms with van der Waals surface area (Å²) in [6, 6.07) is 6.42. The Morgan fingerprint density at radius 3 is 2.95 bits per heavy atom. The molecule has 2 aliphatic rings. The molecule has 1 aromatic rings. The van der Waals surface area contributed by atoms with Crippen molar-refractivity contribution < 1.29 is 9.84 Å². The van der Waals surface area contributed by atoms with Crippen LogP contribution in [0.5, 0.6) is 5.75 Å². The second-order valence-electron chi connectivity index (χ2n) is 6.11.